The van der Waals surface area contributed by atoms with Crippen molar-refractivity contribution in [2.75, 3.05) is 13.7 Å². The second-order valence-corrected chi connectivity index (χ2v) is 3.66. The molecule has 5 heteroatoms. The molecule has 0 bridgehead atoms. The highest BCUT2D eigenvalue weighted by Gasteiger charge is 2.09. The summed E-state index contributed by atoms with van der Waals surface area (Å²) in [5.41, 5.74) is 0.875. The van der Waals surface area contributed by atoms with Gasteiger partial charge in [0.25, 0.3) is 6.08 Å². The molecule has 0 aromatic heterocycles. The van der Waals surface area contributed by atoms with E-state index < -0.39 is 6.08 Å². The van der Waals surface area contributed by atoms with Gasteiger partial charge in [-0.25, -0.2) is 0 Å². The molecule has 94 valence electrons. The predicted molar refractivity (Wildman–Crippen MR) is 63.2 cm³/mol. The molecule has 1 aromatic carbocycles. The molecule has 17 heavy (non-hydrogen) atoms. The minimum atomic E-state index is -1.76. The quantitative estimate of drug-likeness (QED) is 0.796. The molecule has 0 N–H and O–H groups in total. The number of benzene rings is 1. The Kier molecular flexibility index (Phi) is 5.22. The molecule has 1 rings (SSSR count). The third kappa shape index (κ3) is 3.89. The third-order valence-electron chi connectivity index (χ3n) is 2.17. The van der Waals surface area contributed by atoms with Crippen molar-refractivity contribution in [3.8, 4) is 11.5 Å². The van der Waals surface area contributed by atoms with Gasteiger partial charge >= 0.3 is 0 Å². The lowest BCUT2D eigenvalue weighted by atomic mass is 10.1. The molecule has 0 radical (unpaired) electrons. The van der Waals surface area contributed by atoms with E-state index in [1.54, 1.807) is 12.1 Å². The summed E-state index contributed by atoms with van der Waals surface area (Å²) in [4.78, 5) is 0. The van der Waals surface area contributed by atoms with Crippen LogP contribution in [0.15, 0.2) is 24.3 Å². The fraction of sp³-hybridized carbons (Fsp3) is 0.333. The summed E-state index contributed by atoms with van der Waals surface area (Å²) >= 11 is 5.99. The van der Waals surface area contributed by atoms with E-state index in [0.29, 0.717) is 29.0 Å². The molecular weight excluding hydrogens is 250 g/mol. The van der Waals surface area contributed by atoms with Crippen molar-refractivity contribution in [2.24, 2.45) is 0 Å². The summed E-state index contributed by atoms with van der Waals surface area (Å²) < 4.78 is 33.9. The number of halogens is 3. The van der Waals surface area contributed by atoms with Gasteiger partial charge in [-0.15, -0.1) is 0 Å². The molecule has 0 unspecified atom stereocenters. The first-order valence-corrected chi connectivity index (χ1v) is 5.46. The number of ether oxygens (including phenoxy) is 2. The summed E-state index contributed by atoms with van der Waals surface area (Å²) in [6, 6.07) is 3.28. The van der Waals surface area contributed by atoms with Gasteiger partial charge in [-0.05, 0) is 18.1 Å². The van der Waals surface area contributed by atoms with Crippen molar-refractivity contribution in [2.45, 2.75) is 13.3 Å². The largest absolute Gasteiger partial charge is 0.495 e. The van der Waals surface area contributed by atoms with Crippen LogP contribution in [-0.2, 0) is 6.42 Å². The normalized spacial score (nSPS) is 9.94. The Morgan fingerprint density at radius 3 is 2.65 bits per heavy atom. The van der Waals surface area contributed by atoms with Gasteiger partial charge in [0, 0.05) is 12.1 Å². The van der Waals surface area contributed by atoms with Crippen LogP contribution >= 0.6 is 11.6 Å². The topological polar surface area (TPSA) is 18.5 Å². The zero-order valence-electron chi connectivity index (χ0n) is 9.60. The van der Waals surface area contributed by atoms with Gasteiger partial charge in [-0.1, -0.05) is 18.5 Å². The number of hydrogen-bond donors (Lipinski definition) is 0. The van der Waals surface area contributed by atoms with E-state index in [1.165, 1.54) is 7.11 Å². The first-order chi connectivity index (χ1) is 8.08. The smallest absolute Gasteiger partial charge is 0.269 e. The average molecular weight is 263 g/mol. The van der Waals surface area contributed by atoms with E-state index in [9.17, 15) is 8.78 Å². The molecule has 0 saturated carbocycles. The van der Waals surface area contributed by atoms with E-state index in [1.807, 2.05) is 6.92 Å². The van der Waals surface area contributed by atoms with Crippen molar-refractivity contribution in [1.29, 1.82) is 0 Å². The molecule has 1 aromatic rings. The van der Waals surface area contributed by atoms with E-state index in [4.69, 9.17) is 21.1 Å². The summed E-state index contributed by atoms with van der Waals surface area (Å²) in [7, 11) is 1.53. The van der Waals surface area contributed by atoms with Crippen molar-refractivity contribution < 1.29 is 18.3 Å². The van der Waals surface area contributed by atoms with Crippen molar-refractivity contribution >= 4 is 11.6 Å². The van der Waals surface area contributed by atoms with Crippen LogP contribution in [0.25, 0.3) is 0 Å². The van der Waals surface area contributed by atoms with Gasteiger partial charge in [0.05, 0.1) is 12.1 Å². The number of rotatable bonds is 5. The number of aryl methyl sites for hydroxylation is 1. The second-order valence-electron chi connectivity index (χ2n) is 3.26. The average Bonchev–Trinajstić information content (AvgIpc) is 2.27. The lowest BCUT2D eigenvalue weighted by molar-refractivity contribution is 0.343. The summed E-state index contributed by atoms with van der Waals surface area (Å²) in [5, 5.41) is 0.409. The van der Waals surface area contributed by atoms with E-state index in [0.717, 1.165) is 5.56 Å². The van der Waals surface area contributed by atoms with Gasteiger partial charge in [-0.2, -0.15) is 8.78 Å². The van der Waals surface area contributed by atoms with Crippen LogP contribution in [0, 0.1) is 0 Å². The summed E-state index contributed by atoms with van der Waals surface area (Å²) in [5.74, 6) is 1.04. The highest BCUT2D eigenvalue weighted by Crippen LogP contribution is 2.33. The van der Waals surface area contributed by atoms with Crippen molar-refractivity contribution in [1.82, 2.24) is 0 Å². The monoisotopic (exact) mass is 262 g/mol. The van der Waals surface area contributed by atoms with Crippen LogP contribution in [0.5, 0.6) is 11.5 Å². The molecule has 0 aliphatic carbocycles. The highest BCUT2D eigenvalue weighted by atomic mass is 35.5. The second kappa shape index (κ2) is 6.45. The summed E-state index contributed by atoms with van der Waals surface area (Å²) in [6.07, 6.45) is -0.350. The summed E-state index contributed by atoms with van der Waals surface area (Å²) in [6.45, 7) is 1.76. The third-order valence-corrected chi connectivity index (χ3v) is 2.45. The molecule has 0 heterocycles. The van der Waals surface area contributed by atoms with Crippen LogP contribution < -0.4 is 9.47 Å². The predicted octanol–water partition coefficient (Wildman–Crippen LogP) is 4.07. The van der Waals surface area contributed by atoms with Crippen LogP contribution in [0.1, 0.15) is 12.5 Å². The van der Waals surface area contributed by atoms with E-state index in [2.05, 4.69) is 0 Å². The first kappa shape index (κ1) is 13.8. The molecule has 2 nitrogen and oxygen atoms in total. The molecule has 0 fully saturated rings. The van der Waals surface area contributed by atoms with Gasteiger partial charge in [0.2, 0.25) is 0 Å². The lowest BCUT2D eigenvalue weighted by Gasteiger charge is -2.11. The molecule has 0 spiro atoms. The Morgan fingerprint density at radius 2 is 2.12 bits per heavy atom. The molecular formula is C12H13ClF2O2. The van der Waals surface area contributed by atoms with Gasteiger partial charge < -0.3 is 9.47 Å². The lowest BCUT2D eigenvalue weighted by Crippen LogP contribution is -1.97. The molecule has 0 amide bonds. The van der Waals surface area contributed by atoms with Crippen molar-refractivity contribution in [3.63, 3.8) is 0 Å². The minimum Gasteiger partial charge on any atom is -0.495 e. The first-order valence-electron chi connectivity index (χ1n) is 5.08. The van der Waals surface area contributed by atoms with Crippen LogP contribution in [0.4, 0.5) is 8.78 Å². The van der Waals surface area contributed by atoms with Gasteiger partial charge in [0.15, 0.2) is 0 Å². The van der Waals surface area contributed by atoms with Crippen LogP contribution in [0.2, 0.25) is 5.02 Å². The zero-order chi connectivity index (χ0) is 12.8. The Labute approximate surface area is 104 Å². The Balaban J connectivity index is 2.88. The van der Waals surface area contributed by atoms with E-state index in [-0.39, 0.29) is 6.61 Å². The van der Waals surface area contributed by atoms with Gasteiger partial charge in [-0.3, -0.25) is 0 Å². The SMILES string of the molecule is CCc1cc(OCC=C(F)F)cc(Cl)c1OC. The van der Waals surface area contributed by atoms with Crippen LogP contribution in [-0.4, -0.2) is 13.7 Å². The van der Waals surface area contributed by atoms with Crippen molar-refractivity contribution in [3.05, 3.63) is 34.9 Å². The minimum absolute atomic E-state index is 0.186. The number of methoxy groups -OCH3 is 1. The Bertz CT molecular complexity index is 415. The van der Waals surface area contributed by atoms with Gasteiger partial charge in [0.1, 0.15) is 18.1 Å². The fourth-order valence-electron chi connectivity index (χ4n) is 1.40. The molecule has 0 aliphatic rings. The molecule has 0 atom stereocenters. The maximum absolute atomic E-state index is 11.8. The molecule has 0 aliphatic heterocycles. The van der Waals surface area contributed by atoms with Crippen LogP contribution in [0.3, 0.4) is 0 Å². The standard InChI is InChI=1S/C12H13ClF2O2/c1-3-8-6-9(17-5-4-11(14)15)7-10(13)12(8)16-2/h4,6-7H,3,5H2,1-2H3. The Morgan fingerprint density at radius 1 is 1.41 bits per heavy atom. The maximum atomic E-state index is 11.8. The molecule has 0 saturated heterocycles. The fourth-order valence-corrected chi connectivity index (χ4v) is 1.70. The Hall–Kier alpha value is -1.29. The zero-order valence-corrected chi connectivity index (χ0v) is 10.4. The maximum Gasteiger partial charge on any atom is 0.269 e. The number of hydrogen-bond acceptors (Lipinski definition) is 2. The van der Waals surface area contributed by atoms with E-state index >= 15 is 0 Å². The highest BCUT2D eigenvalue weighted by molar-refractivity contribution is 6.32.